The van der Waals surface area contributed by atoms with Crippen molar-refractivity contribution in [3.8, 4) is 22.9 Å². The number of hydrogen-bond donors (Lipinski definition) is 3. The first kappa shape index (κ1) is 22.2. The van der Waals surface area contributed by atoms with E-state index in [1.807, 2.05) is 4.98 Å². The standard InChI is InChI=1S/C18H16Cl2N6O5/c1-7(2)13-16(28)22-5-12(23-13)31-15-9(19)3-8(4-10(15)20)14-17(29)24-18(30)26(25-14)6-11(21)27/h3-5,7H,6H2,1-2H3,(H2,21,27)(H,22,28)(H,24,29,30). The maximum absolute atomic E-state index is 12.2. The molecule has 0 aliphatic carbocycles. The van der Waals surface area contributed by atoms with Gasteiger partial charge in [-0.25, -0.2) is 14.5 Å². The van der Waals surface area contributed by atoms with Crippen LogP contribution in [0.3, 0.4) is 0 Å². The van der Waals surface area contributed by atoms with Gasteiger partial charge in [-0.3, -0.25) is 19.4 Å². The van der Waals surface area contributed by atoms with Crippen LogP contribution in [0.2, 0.25) is 10.0 Å². The molecule has 0 saturated carbocycles. The smallest absolute Gasteiger partial charge is 0.345 e. The van der Waals surface area contributed by atoms with Gasteiger partial charge in [0.15, 0.2) is 11.4 Å². The molecule has 0 fully saturated rings. The predicted molar refractivity (Wildman–Crippen MR) is 113 cm³/mol. The second-order valence-electron chi connectivity index (χ2n) is 6.71. The van der Waals surface area contributed by atoms with E-state index in [2.05, 4.69) is 15.1 Å². The number of carbonyl (C=O) groups is 1. The molecule has 2 heterocycles. The number of rotatable bonds is 6. The first-order valence-electron chi connectivity index (χ1n) is 8.83. The number of primary amides is 1. The highest BCUT2D eigenvalue weighted by Gasteiger charge is 2.18. The Hall–Kier alpha value is -3.44. The molecule has 1 amide bonds. The molecule has 0 unspecified atom stereocenters. The third kappa shape index (κ3) is 4.84. The van der Waals surface area contributed by atoms with Gasteiger partial charge < -0.3 is 15.5 Å². The lowest BCUT2D eigenvalue weighted by Crippen LogP contribution is -2.36. The first-order valence-corrected chi connectivity index (χ1v) is 9.59. The van der Waals surface area contributed by atoms with E-state index in [0.29, 0.717) is 4.68 Å². The van der Waals surface area contributed by atoms with Crippen molar-refractivity contribution in [3.05, 3.63) is 65.3 Å². The molecule has 0 saturated heterocycles. The summed E-state index contributed by atoms with van der Waals surface area (Å²) < 4.78 is 6.35. The number of hydrogen-bond acceptors (Lipinski definition) is 7. The number of carbonyl (C=O) groups excluding carboxylic acids is 1. The molecule has 0 bridgehead atoms. The minimum Gasteiger partial charge on any atom is -0.434 e. The van der Waals surface area contributed by atoms with Crippen molar-refractivity contribution in [2.24, 2.45) is 5.73 Å². The van der Waals surface area contributed by atoms with Gasteiger partial charge in [0.05, 0.1) is 16.2 Å². The van der Waals surface area contributed by atoms with Crippen molar-refractivity contribution in [2.75, 3.05) is 0 Å². The molecule has 162 valence electrons. The summed E-state index contributed by atoms with van der Waals surface area (Å²) in [6.07, 6.45) is 1.26. The Balaban J connectivity index is 2.03. The predicted octanol–water partition coefficient (Wildman–Crippen LogP) is 1.39. The van der Waals surface area contributed by atoms with E-state index in [1.54, 1.807) is 13.8 Å². The van der Waals surface area contributed by atoms with Crippen LogP contribution in [0.4, 0.5) is 0 Å². The second kappa shape index (κ2) is 8.74. The maximum Gasteiger partial charge on any atom is 0.345 e. The highest BCUT2D eigenvalue weighted by molar-refractivity contribution is 6.37. The van der Waals surface area contributed by atoms with Crippen molar-refractivity contribution in [1.82, 2.24) is 24.7 Å². The number of nitrogens with two attached hydrogens (primary N) is 1. The van der Waals surface area contributed by atoms with Crippen LogP contribution in [0.5, 0.6) is 11.6 Å². The highest BCUT2D eigenvalue weighted by atomic mass is 35.5. The maximum atomic E-state index is 12.2. The average molecular weight is 467 g/mol. The van der Waals surface area contributed by atoms with Gasteiger partial charge in [0.25, 0.3) is 11.1 Å². The Bertz CT molecular complexity index is 1320. The SMILES string of the molecule is CC(C)c1nc(Oc2c(Cl)cc(-c3nn(CC(N)=O)c(=O)[nH]c3=O)cc2Cl)c[nH]c1=O. The number of nitrogens with zero attached hydrogens (tertiary/aromatic N) is 3. The summed E-state index contributed by atoms with van der Waals surface area (Å²) in [4.78, 5) is 55.7. The van der Waals surface area contributed by atoms with E-state index >= 15 is 0 Å². The number of halogens is 2. The largest absolute Gasteiger partial charge is 0.434 e. The van der Waals surface area contributed by atoms with Gasteiger partial charge >= 0.3 is 5.69 Å². The van der Waals surface area contributed by atoms with Gasteiger partial charge in [-0.1, -0.05) is 37.0 Å². The minimum absolute atomic E-state index is 0.00967. The van der Waals surface area contributed by atoms with Gasteiger partial charge in [-0.2, -0.15) is 5.10 Å². The quantitative estimate of drug-likeness (QED) is 0.493. The van der Waals surface area contributed by atoms with E-state index < -0.39 is 23.7 Å². The Labute approximate surface area is 183 Å². The fraction of sp³-hybridized carbons (Fsp3) is 0.222. The van der Waals surface area contributed by atoms with Crippen molar-refractivity contribution >= 4 is 29.1 Å². The molecule has 13 heteroatoms. The molecule has 0 radical (unpaired) electrons. The summed E-state index contributed by atoms with van der Waals surface area (Å²) in [5.74, 6) is -0.870. The number of aromatic amines is 2. The lowest BCUT2D eigenvalue weighted by molar-refractivity contribution is -0.118. The van der Waals surface area contributed by atoms with Crippen LogP contribution < -0.4 is 27.3 Å². The first-order chi connectivity index (χ1) is 14.6. The summed E-state index contributed by atoms with van der Waals surface area (Å²) in [6, 6.07) is 2.68. The normalized spacial score (nSPS) is 11.0. The van der Waals surface area contributed by atoms with E-state index in [4.69, 9.17) is 33.7 Å². The van der Waals surface area contributed by atoms with Crippen LogP contribution in [-0.2, 0) is 11.3 Å². The molecule has 0 aliphatic heterocycles. The Morgan fingerprint density at radius 3 is 2.42 bits per heavy atom. The number of amides is 1. The number of H-pyrrole nitrogens is 2. The molecule has 0 atom stereocenters. The monoisotopic (exact) mass is 466 g/mol. The molecule has 11 nitrogen and oxygen atoms in total. The van der Waals surface area contributed by atoms with Gasteiger partial charge in [0, 0.05) is 11.5 Å². The van der Waals surface area contributed by atoms with Crippen LogP contribution >= 0.6 is 23.2 Å². The Kier molecular flexibility index (Phi) is 6.27. The van der Waals surface area contributed by atoms with Crippen LogP contribution in [0, 0.1) is 0 Å². The van der Waals surface area contributed by atoms with Crippen molar-refractivity contribution in [1.29, 1.82) is 0 Å². The summed E-state index contributed by atoms with van der Waals surface area (Å²) in [6.45, 7) is 3.08. The van der Waals surface area contributed by atoms with Crippen molar-refractivity contribution < 1.29 is 9.53 Å². The molecular formula is C18H16Cl2N6O5. The molecule has 3 aromatic rings. The second-order valence-corrected chi connectivity index (χ2v) is 7.53. The van der Waals surface area contributed by atoms with Crippen LogP contribution in [0.15, 0.2) is 32.7 Å². The van der Waals surface area contributed by atoms with E-state index in [-0.39, 0.29) is 50.1 Å². The van der Waals surface area contributed by atoms with Crippen LogP contribution in [0.25, 0.3) is 11.3 Å². The Morgan fingerprint density at radius 2 is 1.84 bits per heavy atom. The van der Waals surface area contributed by atoms with Crippen LogP contribution in [0.1, 0.15) is 25.5 Å². The fourth-order valence-electron chi connectivity index (χ4n) is 2.62. The minimum atomic E-state index is -0.894. The Morgan fingerprint density at radius 1 is 1.19 bits per heavy atom. The number of benzene rings is 1. The average Bonchev–Trinajstić information content (AvgIpc) is 2.67. The van der Waals surface area contributed by atoms with E-state index in [1.165, 1.54) is 18.3 Å². The van der Waals surface area contributed by atoms with Gasteiger partial charge in [-0.05, 0) is 12.1 Å². The van der Waals surface area contributed by atoms with Gasteiger partial charge in [0.1, 0.15) is 12.2 Å². The zero-order valence-electron chi connectivity index (χ0n) is 16.2. The summed E-state index contributed by atoms with van der Waals surface area (Å²) in [5.41, 5.74) is 3.27. The summed E-state index contributed by atoms with van der Waals surface area (Å²) >= 11 is 12.6. The van der Waals surface area contributed by atoms with Crippen molar-refractivity contribution in [2.45, 2.75) is 26.3 Å². The zero-order chi connectivity index (χ0) is 22.9. The molecule has 4 N–H and O–H groups in total. The molecule has 0 spiro atoms. The zero-order valence-corrected chi connectivity index (χ0v) is 17.7. The molecule has 31 heavy (non-hydrogen) atoms. The topological polar surface area (TPSA) is 166 Å². The van der Waals surface area contributed by atoms with E-state index in [0.717, 1.165) is 0 Å². The lowest BCUT2D eigenvalue weighted by atomic mass is 10.1. The summed E-state index contributed by atoms with van der Waals surface area (Å²) in [7, 11) is 0. The number of aromatic nitrogens is 5. The van der Waals surface area contributed by atoms with Gasteiger partial charge in [0.2, 0.25) is 11.8 Å². The highest BCUT2D eigenvalue weighted by Crippen LogP contribution is 2.38. The lowest BCUT2D eigenvalue weighted by Gasteiger charge is -2.12. The van der Waals surface area contributed by atoms with Gasteiger partial charge in [-0.15, -0.1) is 0 Å². The number of nitrogens with one attached hydrogen (secondary N) is 2. The summed E-state index contributed by atoms with van der Waals surface area (Å²) in [5, 5.41) is 3.89. The molecular weight excluding hydrogens is 451 g/mol. The third-order valence-electron chi connectivity index (χ3n) is 4.01. The third-order valence-corrected chi connectivity index (χ3v) is 4.57. The van der Waals surface area contributed by atoms with Crippen molar-refractivity contribution in [3.63, 3.8) is 0 Å². The van der Waals surface area contributed by atoms with Crippen LogP contribution in [-0.4, -0.2) is 30.6 Å². The molecule has 1 aromatic carbocycles. The molecule has 0 aliphatic rings. The molecule has 2 aromatic heterocycles. The fourth-order valence-corrected chi connectivity index (χ4v) is 3.19. The number of ether oxygens (including phenoxy) is 1. The van der Waals surface area contributed by atoms with E-state index in [9.17, 15) is 19.2 Å². The molecule has 3 rings (SSSR count).